The molecule has 0 bridgehead atoms. The molecule has 0 spiro atoms. The number of allylic oxidation sites excluding steroid dienone is 1. The zero-order chi connectivity index (χ0) is 63.2. The van der Waals surface area contributed by atoms with E-state index in [0.29, 0.717) is 46.1 Å². The molecule has 0 saturated heterocycles. The fourth-order valence-electron chi connectivity index (χ4n) is 12.3. The Morgan fingerprint density at radius 2 is 1.10 bits per heavy atom. The summed E-state index contributed by atoms with van der Waals surface area (Å²) in [6.45, 7) is 0. The molecule has 0 fully saturated rings. The summed E-state index contributed by atoms with van der Waals surface area (Å²) in [6, 6.07) is 40.0. The number of fused-ring (bicyclic) bond motifs is 11. The first-order valence-corrected chi connectivity index (χ1v) is 31.1. The van der Waals surface area contributed by atoms with Crippen LogP contribution in [0, 0.1) is 11.6 Å². The Kier molecular flexibility index (Phi) is 18.4. The van der Waals surface area contributed by atoms with Crippen molar-refractivity contribution in [1.82, 2.24) is 64.8 Å². The first-order valence-electron chi connectivity index (χ1n) is 30.0. The molecule has 4 aliphatic rings. The largest absolute Gasteiger partial charge is 0.490 e. The molecule has 0 saturated carbocycles. The smallest absolute Gasteiger partial charge is 0.423 e. The van der Waals surface area contributed by atoms with Crippen LogP contribution in [0.4, 0.5) is 20.4 Å². The van der Waals surface area contributed by atoms with Crippen molar-refractivity contribution >= 4 is 119 Å². The van der Waals surface area contributed by atoms with Crippen LogP contribution in [-0.2, 0) is 32.1 Å². The van der Waals surface area contributed by atoms with Gasteiger partial charge in [0.1, 0.15) is 28.2 Å². The van der Waals surface area contributed by atoms with Crippen molar-refractivity contribution in [2.45, 2.75) is 82.3 Å². The maximum atomic E-state index is 13.7. The lowest BCUT2D eigenvalue weighted by atomic mass is 9.82. The zero-order valence-electron chi connectivity index (χ0n) is 49.2. The predicted molar refractivity (Wildman–Crippen MR) is 359 cm³/mol. The molecule has 0 aliphatic heterocycles. The molecule has 3 aromatic carbocycles. The van der Waals surface area contributed by atoms with E-state index >= 15 is 0 Å². The number of pyridine rings is 5. The first kappa shape index (κ1) is 61.4. The Morgan fingerprint density at radius 3 is 1.76 bits per heavy atom. The molecule has 0 unspecified atom stereocenters. The van der Waals surface area contributed by atoms with Gasteiger partial charge in [0.05, 0.1) is 28.9 Å². The number of rotatable bonds is 6. The van der Waals surface area contributed by atoms with Crippen LogP contribution in [0.5, 0.6) is 0 Å². The summed E-state index contributed by atoms with van der Waals surface area (Å²) >= 11 is 17.4. The number of aryl methyl sites for hydroxylation is 2. The average Bonchev–Trinajstić information content (AvgIpc) is 1.74. The van der Waals surface area contributed by atoms with Gasteiger partial charge in [0.2, 0.25) is 10.6 Å². The summed E-state index contributed by atoms with van der Waals surface area (Å²) < 4.78 is 26.0. The Balaban J connectivity index is 0.000000112. The summed E-state index contributed by atoms with van der Waals surface area (Å²) in [6.07, 6.45) is 20.5. The maximum Gasteiger partial charge on any atom is 0.490 e. The third-order valence-electron chi connectivity index (χ3n) is 16.6. The number of nitrogens with one attached hydrogen (secondary N) is 4. The van der Waals surface area contributed by atoms with Crippen molar-refractivity contribution in [3.8, 4) is 11.4 Å². The number of anilines is 2. The minimum absolute atomic E-state index is 0.0556. The third-order valence-corrected chi connectivity index (χ3v) is 17.2. The summed E-state index contributed by atoms with van der Waals surface area (Å²) in [5.41, 5.74) is 24.7. The Morgan fingerprint density at radius 1 is 0.543 bits per heavy atom. The number of H-pyrrole nitrogens is 2. The third kappa shape index (κ3) is 13.9. The second kappa shape index (κ2) is 27.5. The van der Waals surface area contributed by atoms with Gasteiger partial charge in [-0.2, -0.15) is 4.98 Å². The van der Waals surface area contributed by atoms with Crippen LogP contribution >= 0.6 is 34.8 Å². The van der Waals surface area contributed by atoms with E-state index in [-0.39, 0.29) is 27.2 Å². The van der Waals surface area contributed by atoms with Crippen LogP contribution in [0.25, 0.3) is 71.9 Å². The van der Waals surface area contributed by atoms with Crippen molar-refractivity contribution < 1.29 is 18.8 Å². The second-order valence-electron chi connectivity index (χ2n) is 22.7. The van der Waals surface area contributed by atoms with E-state index < -0.39 is 18.8 Å². The normalized spacial score (nSPS) is 16.1. The Hall–Kier alpha value is -9.48. The van der Waals surface area contributed by atoms with Gasteiger partial charge in [0.25, 0.3) is 0 Å². The number of nitrogens with two attached hydrogens (primary N) is 1. The molecule has 24 heteroatoms. The highest BCUT2D eigenvalue weighted by atomic mass is 35.5. The molecule has 8 N–H and O–H groups in total. The fraction of sp³-hybridized carbons (Fsp3) is 0.191. The van der Waals surface area contributed by atoms with Crippen LogP contribution < -0.4 is 21.8 Å². The molecule has 18 nitrogen and oxygen atoms in total. The molecular formula is C68H58BCl3F2N16O2. The van der Waals surface area contributed by atoms with Gasteiger partial charge in [-0.3, -0.25) is 24.9 Å². The lowest BCUT2D eigenvalue weighted by Crippen LogP contribution is -2.30. The molecule has 0 radical (unpaired) electrons. The molecule has 10 aromatic heterocycles. The van der Waals surface area contributed by atoms with Gasteiger partial charge in [-0.05, 0) is 176 Å². The van der Waals surface area contributed by atoms with Crippen LogP contribution in [0.1, 0.15) is 65.7 Å². The van der Waals surface area contributed by atoms with Gasteiger partial charge in [0, 0.05) is 93.3 Å². The number of aromatic amines is 2. The summed E-state index contributed by atoms with van der Waals surface area (Å²) in [7, 11) is -1.65. The van der Waals surface area contributed by atoms with Gasteiger partial charge in [-0.15, -0.1) is 0 Å². The van der Waals surface area contributed by atoms with Gasteiger partial charge in [-0.25, -0.2) is 33.7 Å². The van der Waals surface area contributed by atoms with E-state index in [1.807, 2.05) is 24.3 Å². The van der Waals surface area contributed by atoms with Crippen molar-refractivity contribution in [2.24, 2.45) is 5.73 Å². The van der Waals surface area contributed by atoms with Crippen LogP contribution in [0.3, 0.4) is 0 Å². The second-order valence-corrected chi connectivity index (χ2v) is 23.7. The van der Waals surface area contributed by atoms with E-state index in [2.05, 4.69) is 143 Å². The van der Waals surface area contributed by atoms with E-state index in [4.69, 9.17) is 55.6 Å². The van der Waals surface area contributed by atoms with Crippen molar-refractivity contribution in [1.29, 1.82) is 0 Å². The molecule has 460 valence electrons. The lowest BCUT2D eigenvalue weighted by molar-refractivity contribution is 0.425. The SMILES string of the molecule is Clc1nc(Cl)c2ncccc2n1.Clc1nc(N[C@@H]2CCc3[nH]c4ccccc4c3C2)c2ncccc2n1.Fc1cncc(-c2nc(N[C@@H]3CCC4=C(C3)c3ccccc3C4)c3ncccc3n2)c1.N[C@@H]1CCc2[nH]c3ccccc3c2C1.OB(O)c1cncc(F)c1. The lowest BCUT2D eigenvalue weighted by Gasteiger charge is -2.26. The molecule has 13 aromatic rings. The highest BCUT2D eigenvalue weighted by Crippen LogP contribution is 2.43. The maximum absolute atomic E-state index is 13.7. The molecule has 10 heterocycles. The highest BCUT2D eigenvalue weighted by molar-refractivity contribution is 6.58. The quantitative estimate of drug-likeness (QED) is 0.0463. The fourth-order valence-corrected chi connectivity index (χ4v) is 13.0. The van der Waals surface area contributed by atoms with E-state index in [0.717, 1.165) is 98.5 Å². The minimum atomic E-state index is -1.65. The van der Waals surface area contributed by atoms with E-state index in [9.17, 15) is 8.78 Å². The Labute approximate surface area is 541 Å². The monoisotopic (exact) mass is 1280 g/mol. The molecule has 4 aliphatic carbocycles. The average molecular weight is 1290 g/mol. The number of hydrogen-bond donors (Lipinski definition) is 7. The number of halogens is 5. The van der Waals surface area contributed by atoms with Crippen LogP contribution in [0.2, 0.25) is 15.7 Å². The van der Waals surface area contributed by atoms with E-state index in [1.54, 1.807) is 42.5 Å². The van der Waals surface area contributed by atoms with Gasteiger partial charge < -0.3 is 36.4 Å². The molecule has 3 atom stereocenters. The molecule has 17 rings (SSSR count). The number of aromatic nitrogens is 13. The van der Waals surface area contributed by atoms with Crippen LogP contribution in [-0.4, -0.2) is 100 Å². The summed E-state index contributed by atoms with van der Waals surface area (Å²) in [5, 5.41) is 27.5. The first-order chi connectivity index (χ1) is 44.8. The molecule has 92 heavy (non-hydrogen) atoms. The number of para-hydroxylation sites is 2. The van der Waals surface area contributed by atoms with Gasteiger partial charge >= 0.3 is 7.12 Å². The summed E-state index contributed by atoms with van der Waals surface area (Å²) in [5.74, 6) is 0.852. The van der Waals surface area contributed by atoms with E-state index in [1.165, 1.54) is 79.5 Å². The number of hydrogen-bond acceptors (Lipinski definition) is 16. The molecule has 0 amide bonds. The van der Waals surface area contributed by atoms with Crippen molar-refractivity contribution in [3.63, 3.8) is 0 Å². The van der Waals surface area contributed by atoms with Gasteiger partial charge in [-0.1, -0.05) is 77.8 Å². The predicted octanol–water partition coefficient (Wildman–Crippen LogP) is 12.5. The zero-order valence-corrected chi connectivity index (χ0v) is 51.5. The highest BCUT2D eigenvalue weighted by Gasteiger charge is 2.29. The Bertz CT molecular complexity index is 4880. The number of benzene rings is 3. The molecular weight excluding hydrogens is 1230 g/mol. The van der Waals surface area contributed by atoms with Crippen molar-refractivity contribution in [3.05, 3.63) is 231 Å². The van der Waals surface area contributed by atoms with Crippen LogP contribution in [0.15, 0.2) is 170 Å². The number of nitrogens with zero attached hydrogens (tertiary/aromatic N) is 11. The minimum Gasteiger partial charge on any atom is -0.423 e. The topological polar surface area (TPSA) is 264 Å². The standard InChI is InChI=1S/C25H20FN5.C19H16ClN5.C12H14N2.C7H3Cl2N3.C5H5BFNO2/c26-18-11-17(13-27-14-18)24-30-22-6-3-9-28-23(22)25(31-24)29-19-8-7-16-10-15-4-1-2-5-20(15)21(16)12-19;20-19-24-16-6-3-9-21-17(16)18(25-19)22-11-7-8-15-13(10-11)12-4-1-2-5-14(12)23-15;13-8-5-6-12-10(7-8)9-3-1-2-4-11(9)14-12;8-6-5-4(2-1-3-10-5)11-7(9)12-6;7-5-1-4(6(9)10)2-8-3-5/h1-6,9,11,13-14,19H,7-8,10,12H2,(H,29,30,31);1-6,9,11,23H,7-8,10H2,(H,22,24,25);1-4,8,14H,5-7,13H2;1-3H;1-3,9-10H/t19-;11-;8-;;/m111../s1. The van der Waals surface area contributed by atoms with Crippen molar-refractivity contribution in [2.75, 3.05) is 10.6 Å². The van der Waals surface area contributed by atoms with Gasteiger partial charge in [0.15, 0.2) is 22.6 Å². The summed E-state index contributed by atoms with van der Waals surface area (Å²) in [4.78, 5) is 53.0.